The van der Waals surface area contributed by atoms with Crippen LogP contribution in [-0.2, 0) is 9.84 Å². The van der Waals surface area contributed by atoms with Gasteiger partial charge in [0, 0.05) is 18.7 Å². The molecule has 1 fully saturated rings. The summed E-state index contributed by atoms with van der Waals surface area (Å²) < 4.78 is 22.9. The minimum atomic E-state index is -2.88. The molecule has 0 saturated carbocycles. The van der Waals surface area contributed by atoms with E-state index in [1.165, 1.54) is 0 Å². The number of sulfone groups is 1. The molecule has 1 unspecified atom stereocenters. The van der Waals surface area contributed by atoms with E-state index in [0.29, 0.717) is 24.0 Å². The van der Waals surface area contributed by atoms with Gasteiger partial charge in [0.05, 0.1) is 11.5 Å². The molecule has 112 valence electrons. The van der Waals surface area contributed by atoms with Crippen LogP contribution < -0.4 is 10.6 Å². The Morgan fingerprint density at radius 2 is 2.05 bits per heavy atom. The van der Waals surface area contributed by atoms with Crippen molar-refractivity contribution in [1.29, 1.82) is 0 Å². The quantitative estimate of drug-likeness (QED) is 0.856. The SMILES string of the molecule is Cc1nc(NCC(C)C)cc(NC2CCS(=O)(=O)C2)n1. The Kier molecular flexibility index (Phi) is 4.47. The van der Waals surface area contributed by atoms with E-state index in [1.807, 2.05) is 13.0 Å². The number of rotatable bonds is 5. The zero-order valence-corrected chi connectivity index (χ0v) is 13.0. The van der Waals surface area contributed by atoms with Crippen LogP contribution in [0, 0.1) is 12.8 Å². The van der Waals surface area contributed by atoms with Gasteiger partial charge in [-0.2, -0.15) is 0 Å². The molecule has 7 heteroatoms. The molecule has 1 aliphatic heterocycles. The second kappa shape index (κ2) is 5.95. The first-order chi connectivity index (χ1) is 9.34. The summed E-state index contributed by atoms with van der Waals surface area (Å²) in [5, 5.41) is 6.45. The van der Waals surface area contributed by atoms with Gasteiger partial charge in [-0.1, -0.05) is 13.8 Å². The second-order valence-electron chi connectivity index (χ2n) is 5.70. The maximum atomic E-state index is 11.5. The van der Waals surface area contributed by atoms with Crippen molar-refractivity contribution in [3.63, 3.8) is 0 Å². The first kappa shape index (κ1) is 15.0. The normalized spacial score (nSPS) is 21.1. The standard InChI is InChI=1S/C13H22N4O2S/c1-9(2)7-14-12-6-13(16-10(3)15-12)17-11-4-5-20(18,19)8-11/h6,9,11H,4-5,7-8H2,1-3H3,(H2,14,15,16,17). The van der Waals surface area contributed by atoms with Crippen molar-refractivity contribution >= 4 is 21.5 Å². The predicted molar refractivity (Wildman–Crippen MR) is 80.8 cm³/mol. The van der Waals surface area contributed by atoms with Gasteiger partial charge in [0.15, 0.2) is 9.84 Å². The molecule has 1 saturated heterocycles. The van der Waals surface area contributed by atoms with Gasteiger partial charge in [-0.3, -0.25) is 0 Å². The fourth-order valence-corrected chi connectivity index (χ4v) is 3.83. The van der Waals surface area contributed by atoms with E-state index in [0.717, 1.165) is 12.4 Å². The lowest BCUT2D eigenvalue weighted by Crippen LogP contribution is -2.22. The summed E-state index contributed by atoms with van der Waals surface area (Å²) in [6.45, 7) is 6.93. The fourth-order valence-electron chi connectivity index (χ4n) is 2.16. The summed E-state index contributed by atoms with van der Waals surface area (Å²) in [5.74, 6) is 3.10. The van der Waals surface area contributed by atoms with E-state index >= 15 is 0 Å². The topological polar surface area (TPSA) is 84.0 Å². The van der Waals surface area contributed by atoms with Crippen LogP contribution in [-0.4, -0.2) is 42.5 Å². The van der Waals surface area contributed by atoms with Crippen LogP contribution in [0.5, 0.6) is 0 Å². The summed E-state index contributed by atoms with van der Waals surface area (Å²) in [6.07, 6.45) is 0.639. The van der Waals surface area contributed by atoms with Gasteiger partial charge in [-0.25, -0.2) is 18.4 Å². The molecule has 6 nitrogen and oxygen atoms in total. The van der Waals surface area contributed by atoms with Gasteiger partial charge in [0.2, 0.25) is 0 Å². The van der Waals surface area contributed by atoms with Crippen LogP contribution in [0.3, 0.4) is 0 Å². The lowest BCUT2D eigenvalue weighted by atomic mass is 10.2. The molecule has 1 aromatic heterocycles. The average Bonchev–Trinajstić information content (AvgIpc) is 2.65. The summed E-state index contributed by atoms with van der Waals surface area (Å²) in [4.78, 5) is 8.64. The van der Waals surface area contributed by atoms with Gasteiger partial charge in [-0.05, 0) is 19.3 Å². The maximum Gasteiger partial charge on any atom is 0.152 e. The highest BCUT2D eigenvalue weighted by Gasteiger charge is 2.28. The molecule has 0 aromatic carbocycles. The second-order valence-corrected chi connectivity index (χ2v) is 7.93. The molecular weight excluding hydrogens is 276 g/mol. The van der Waals surface area contributed by atoms with Gasteiger partial charge in [-0.15, -0.1) is 0 Å². The third-order valence-electron chi connectivity index (χ3n) is 3.11. The van der Waals surface area contributed by atoms with Crippen LogP contribution >= 0.6 is 0 Å². The van der Waals surface area contributed by atoms with Crippen molar-refractivity contribution in [2.45, 2.75) is 33.2 Å². The fraction of sp³-hybridized carbons (Fsp3) is 0.692. The Balaban J connectivity index is 2.04. The van der Waals surface area contributed by atoms with Crippen LogP contribution in [0.2, 0.25) is 0 Å². The van der Waals surface area contributed by atoms with E-state index in [4.69, 9.17) is 0 Å². The Bertz CT molecular complexity index is 572. The lowest BCUT2D eigenvalue weighted by Gasteiger charge is -2.14. The summed E-state index contributed by atoms with van der Waals surface area (Å²) in [6, 6.07) is 1.78. The van der Waals surface area contributed by atoms with Crippen LogP contribution in [0.1, 0.15) is 26.1 Å². The number of hydrogen-bond acceptors (Lipinski definition) is 6. The number of anilines is 2. The molecule has 2 N–H and O–H groups in total. The van der Waals surface area contributed by atoms with Crippen molar-refractivity contribution in [3.05, 3.63) is 11.9 Å². The van der Waals surface area contributed by atoms with Crippen molar-refractivity contribution in [2.24, 2.45) is 5.92 Å². The summed E-state index contributed by atoms with van der Waals surface area (Å²) >= 11 is 0. The largest absolute Gasteiger partial charge is 0.370 e. The zero-order valence-electron chi connectivity index (χ0n) is 12.2. The van der Waals surface area contributed by atoms with Gasteiger partial charge < -0.3 is 10.6 Å². The van der Waals surface area contributed by atoms with Gasteiger partial charge in [0.25, 0.3) is 0 Å². The minimum absolute atomic E-state index is 0.0488. The highest BCUT2D eigenvalue weighted by atomic mass is 32.2. The molecule has 1 atom stereocenters. The Morgan fingerprint density at radius 1 is 1.35 bits per heavy atom. The zero-order chi connectivity index (χ0) is 14.8. The van der Waals surface area contributed by atoms with Crippen LogP contribution in [0.25, 0.3) is 0 Å². The van der Waals surface area contributed by atoms with Crippen LogP contribution in [0.15, 0.2) is 6.07 Å². The smallest absolute Gasteiger partial charge is 0.152 e. The molecule has 0 spiro atoms. The molecule has 2 heterocycles. The number of aromatic nitrogens is 2. The predicted octanol–water partition coefficient (Wildman–Crippen LogP) is 1.45. The van der Waals surface area contributed by atoms with Crippen molar-refractivity contribution in [2.75, 3.05) is 28.7 Å². The van der Waals surface area contributed by atoms with E-state index in [-0.39, 0.29) is 17.5 Å². The first-order valence-corrected chi connectivity index (χ1v) is 8.73. The van der Waals surface area contributed by atoms with Crippen LogP contribution in [0.4, 0.5) is 11.6 Å². The average molecular weight is 298 g/mol. The Morgan fingerprint density at radius 3 is 2.65 bits per heavy atom. The molecule has 0 radical (unpaired) electrons. The first-order valence-electron chi connectivity index (χ1n) is 6.90. The third kappa shape index (κ3) is 4.33. The molecular formula is C13H22N4O2S. The van der Waals surface area contributed by atoms with Crippen molar-refractivity contribution in [1.82, 2.24) is 9.97 Å². The Labute approximate surface area is 120 Å². The van der Waals surface area contributed by atoms with Crippen molar-refractivity contribution < 1.29 is 8.42 Å². The van der Waals surface area contributed by atoms with E-state index in [9.17, 15) is 8.42 Å². The molecule has 0 aliphatic carbocycles. The lowest BCUT2D eigenvalue weighted by molar-refractivity contribution is 0.602. The highest BCUT2D eigenvalue weighted by molar-refractivity contribution is 7.91. The summed E-state index contributed by atoms with van der Waals surface area (Å²) in [5.41, 5.74) is 0. The molecule has 20 heavy (non-hydrogen) atoms. The Hall–Kier alpha value is -1.37. The number of nitrogens with one attached hydrogen (secondary N) is 2. The number of hydrogen-bond donors (Lipinski definition) is 2. The monoisotopic (exact) mass is 298 g/mol. The number of aryl methyl sites for hydroxylation is 1. The van der Waals surface area contributed by atoms with Crippen molar-refractivity contribution in [3.8, 4) is 0 Å². The highest BCUT2D eigenvalue weighted by Crippen LogP contribution is 2.18. The van der Waals surface area contributed by atoms with E-state index in [2.05, 4.69) is 34.4 Å². The molecule has 1 aliphatic rings. The maximum absolute atomic E-state index is 11.5. The molecule has 2 rings (SSSR count). The number of nitrogens with zero attached hydrogens (tertiary/aromatic N) is 2. The minimum Gasteiger partial charge on any atom is -0.370 e. The summed E-state index contributed by atoms with van der Waals surface area (Å²) in [7, 11) is -2.88. The van der Waals surface area contributed by atoms with E-state index in [1.54, 1.807) is 0 Å². The molecule has 0 amide bonds. The van der Waals surface area contributed by atoms with Gasteiger partial charge >= 0.3 is 0 Å². The molecule has 1 aromatic rings. The van der Waals surface area contributed by atoms with Gasteiger partial charge in [0.1, 0.15) is 17.5 Å². The molecule has 0 bridgehead atoms. The van der Waals surface area contributed by atoms with E-state index < -0.39 is 9.84 Å². The third-order valence-corrected chi connectivity index (χ3v) is 4.88.